The molecule has 1 aromatic heterocycles. The molecule has 2 N–H and O–H groups in total. The number of benzene rings is 1. The first-order chi connectivity index (χ1) is 8.13. The lowest BCUT2D eigenvalue weighted by Gasteiger charge is -2.08. The smallest absolute Gasteiger partial charge is 0.176 e. The zero-order chi connectivity index (χ0) is 12.3. The van der Waals surface area contributed by atoms with Crippen LogP contribution >= 0.6 is 23.8 Å². The van der Waals surface area contributed by atoms with Crippen molar-refractivity contribution < 1.29 is 0 Å². The summed E-state index contributed by atoms with van der Waals surface area (Å²) in [7, 11) is 1.85. The second kappa shape index (κ2) is 5.16. The van der Waals surface area contributed by atoms with E-state index < -0.39 is 0 Å². The second-order valence-electron chi connectivity index (χ2n) is 3.46. The van der Waals surface area contributed by atoms with E-state index in [0.717, 1.165) is 5.69 Å². The number of halogens is 1. The summed E-state index contributed by atoms with van der Waals surface area (Å²) in [5, 5.41) is 11.3. The van der Waals surface area contributed by atoms with E-state index in [1.165, 1.54) is 0 Å². The lowest BCUT2D eigenvalue weighted by Crippen LogP contribution is -2.19. The maximum absolute atomic E-state index is 5.87. The summed E-state index contributed by atoms with van der Waals surface area (Å²) in [6.45, 7) is 0. The fourth-order valence-electron chi connectivity index (χ4n) is 1.33. The molecule has 0 amide bonds. The molecule has 4 nitrogen and oxygen atoms in total. The van der Waals surface area contributed by atoms with Gasteiger partial charge in [0.1, 0.15) is 0 Å². The molecule has 0 aliphatic rings. The summed E-state index contributed by atoms with van der Waals surface area (Å²) in [6, 6.07) is 9.19. The highest BCUT2D eigenvalue weighted by molar-refractivity contribution is 7.80. The quantitative estimate of drug-likeness (QED) is 0.821. The molecule has 2 rings (SSSR count). The van der Waals surface area contributed by atoms with E-state index >= 15 is 0 Å². The minimum Gasteiger partial charge on any atom is -0.332 e. The number of nitrogens with zero attached hydrogens (tertiary/aromatic N) is 2. The molecule has 0 radical (unpaired) electrons. The van der Waals surface area contributed by atoms with Gasteiger partial charge in [-0.2, -0.15) is 5.10 Å². The number of aryl methyl sites for hydroxylation is 1. The van der Waals surface area contributed by atoms with Crippen molar-refractivity contribution >= 4 is 40.4 Å². The summed E-state index contributed by atoms with van der Waals surface area (Å²) in [4.78, 5) is 0. The van der Waals surface area contributed by atoms with Crippen LogP contribution in [0.2, 0.25) is 5.02 Å². The van der Waals surface area contributed by atoms with Crippen LogP contribution in [0.3, 0.4) is 0 Å². The fraction of sp³-hybridized carbons (Fsp3) is 0.0909. The molecule has 1 heterocycles. The minimum atomic E-state index is 0.478. The highest BCUT2D eigenvalue weighted by Gasteiger charge is 2.01. The zero-order valence-corrected chi connectivity index (χ0v) is 10.7. The van der Waals surface area contributed by atoms with E-state index in [1.807, 2.05) is 37.5 Å². The van der Waals surface area contributed by atoms with Crippen molar-refractivity contribution in [3.63, 3.8) is 0 Å². The Hall–Kier alpha value is -1.59. The van der Waals surface area contributed by atoms with Crippen molar-refractivity contribution in [2.24, 2.45) is 7.05 Å². The van der Waals surface area contributed by atoms with Crippen LogP contribution in [0, 0.1) is 0 Å². The Labute approximate surface area is 110 Å². The van der Waals surface area contributed by atoms with Gasteiger partial charge in [-0.1, -0.05) is 17.7 Å². The van der Waals surface area contributed by atoms with Crippen molar-refractivity contribution in [1.82, 2.24) is 9.78 Å². The van der Waals surface area contributed by atoms with Gasteiger partial charge in [0, 0.05) is 30.0 Å². The van der Waals surface area contributed by atoms with Gasteiger partial charge in [0.15, 0.2) is 10.9 Å². The van der Waals surface area contributed by atoms with E-state index in [4.69, 9.17) is 23.8 Å². The van der Waals surface area contributed by atoms with Gasteiger partial charge in [-0.3, -0.25) is 4.68 Å². The first-order valence-electron chi connectivity index (χ1n) is 4.97. The van der Waals surface area contributed by atoms with Crippen molar-refractivity contribution in [3.05, 3.63) is 41.6 Å². The standard InChI is InChI=1S/C11H11ClN4S/c1-16-6-5-10(15-16)14-11(17)13-9-4-2-3-8(12)7-9/h2-7H,1H3,(H2,13,14,15,17). The van der Waals surface area contributed by atoms with E-state index in [1.54, 1.807) is 10.7 Å². The number of aromatic nitrogens is 2. The van der Waals surface area contributed by atoms with Crippen LogP contribution in [0.25, 0.3) is 0 Å². The second-order valence-corrected chi connectivity index (χ2v) is 4.31. The predicted molar refractivity (Wildman–Crippen MR) is 74.5 cm³/mol. The average molecular weight is 267 g/mol. The van der Waals surface area contributed by atoms with Crippen LogP contribution in [0.15, 0.2) is 36.5 Å². The first-order valence-corrected chi connectivity index (χ1v) is 5.75. The van der Waals surface area contributed by atoms with Crippen LogP contribution in [0.4, 0.5) is 11.5 Å². The Morgan fingerprint density at radius 3 is 2.82 bits per heavy atom. The zero-order valence-electron chi connectivity index (χ0n) is 9.14. The molecule has 0 fully saturated rings. The van der Waals surface area contributed by atoms with Gasteiger partial charge in [0.05, 0.1) is 0 Å². The molecule has 0 aliphatic heterocycles. The average Bonchev–Trinajstić information content (AvgIpc) is 2.63. The van der Waals surface area contributed by atoms with E-state index in [2.05, 4.69) is 15.7 Å². The van der Waals surface area contributed by atoms with Crippen molar-refractivity contribution in [2.75, 3.05) is 10.6 Å². The molecule has 6 heteroatoms. The summed E-state index contributed by atoms with van der Waals surface area (Å²) in [5.74, 6) is 0.701. The van der Waals surface area contributed by atoms with E-state index in [0.29, 0.717) is 16.0 Å². The Morgan fingerprint density at radius 1 is 1.35 bits per heavy atom. The largest absolute Gasteiger partial charge is 0.332 e. The highest BCUT2D eigenvalue weighted by Crippen LogP contribution is 2.15. The molecule has 17 heavy (non-hydrogen) atoms. The Kier molecular flexibility index (Phi) is 3.61. The molecule has 0 saturated heterocycles. The monoisotopic (exact) mass is 266 g/mol. The summed E-state index contributed by atoms with van der Waals surface area (Å²) in [6.07, 6.45) is 1.84. The summed E-state index contributed by atoms with van der Waals surface area (Å²) >= 11 is 11.0. The Morgan fingerprint density at radius 2 is 2.18 bits per heavy atom. The first kappa shape index (κ1) is 11.9. The van der Waals surface area contributed by atoms with Gasteiger partial charge >= 0.3 is 0 Å². The Bertz CT molecular complexity index is 538. The van der Waals surface area contributed by atoms with Crippen LogP contribution in [0.1, 0.15) is 0 Å². The molecule has 0 bridgehead atoms. The maximum atomic E-state index is 5.87. The molecule has 88 valence electrons. The molecule has 0 aliphatic carbocycles. The van der Waals surface area contributed by atoms with Crippen molar-refractivity contribution in [1.29, 1.82) is 0 Å². The molecular formula is C11H11ClN4S. The van der Waals surface area contributed by atoms with Crippen LogP contribution in [0.5, 0.6) is 0 Å². The number of rotatable bonds is 2. The Balaban J connectivity index is 1.98. The van der Waals surface area contributed by atoms with Crippen molar-refractivity contribution in [3.8, 4) is 0 Å². The lowest BCUT2D eigenvalue weighted by atomic mass is 10.3. The SMILES string of the molecule is Cn1ccc(NC(=S)Nc2cccc(Cl)c2)n1. The van der Waals surface area contributed by atoms with Gasteiger partial charge in [0.2, 0.25) is 0 Å². The van der Waals surface area contributed by atoms with Gasteiger partial charge < -0.3 is 10.6 Å². The van der Waals surface area contributed by atoms with Gasteiger partial charge in [-0.25, -0.2) is 0 Å². The molecule has 1 aromatic carbocycles. The topological polar surface area (TPSA) is 41.9 Å². The van der Waals surface area contributed by atoms with Gasteiger partial charge in [0.25, 0.3) is 0 Å². The van der Waals surface area contributed by atoms with E-state index in [-0.39, 0.29) is 0 Å². The third kappa shape index (κ3) is 3.44. The molecule has 0 saturated carbocycles. The van der Waals surface area contributed by atoms with Crippen LogP contribution in [-0.2, 0) is 7.05 Å². The number of thiocarbonyl (C=S) groups is 1. The molecule has 0 atom stereocenters. The molecule has 0 spiro atoms. The number of anilines is 2. The highest BCUT2D eigenvalue weighted by atomic mass is 35.5. The van der Waals surface area contributed by atoms with E-state index in [9.17, 15) is 0 Å². The number of hydrogen-bond donors (Lipinski definition) is 2. The minimum absolute atomic E-state index is 0.478. The third-order valence-electron chi connectivity index (χ3n) is 2.04. The summed E-state index contributed by atoms with van der Waals surface area (Å²) in [5.41, 5.74) is 0.839. The summed E-state index contributed by atoms with van der Waals surface area (Å²) < 4.78 is 1.70. The van der Waals surface area contributed by atoms with Crippen LogP contribution in [-0.4, -0.2) is 14.9 Å². The molecular weight excluding hydrogens is 256 g/mol. The fourth-order valence-corrected chi connectivity index (χ4v) is 1.74. The van der Waals surface area contributed by atoms with Crippen molar-refractivity contribution in [2.45, 2.75) is 0 Å². The lowest BCUT2D eigenvalue weighted by molar-refractivity contribution is 0.772. The van der Waals surface area contributed by atoms with Crippen LogP contribution < -0.4 is 10.6 Å². The molecule has 0 unspecified atom stereocenters. The van der Waals surface area contributed by atoms with Gasteiger partial charge in [-0.05, 0) is 30.4 Å². The predicted octanol–water partition coefficient (Wildman–Crippen LogP) is 2.88. The van der Waals surface area contributed by atoms with Gasteiger partial charge in [-0.15, -0.1) is 0 Å². The maximum Gasteiger partial charge on any atom is 0.176 e. The molecule has 2 aromatic rings. The third-order valence-corrected chi connectivity index (χ3v) is 2.48. The number of hydrogen-bond acceptors (Lipinski definition) is 2. The number of nitrogens with one attached hydrogen (secondary N) is 2. The normalized spacial score (nSPS) is 10.0.